The minimum Gasteiger partial charge on any atom is -0.338 e. The smallest absolute Gasteiger partial charge is 0.243 e. The SMILES string of the molecule is CCCC1CCC(c2noc(C(C)NCC)n2)CC1. The largest absolute Gasteiger partial charge is 0.338 e. The van der Waals surface area contributed by atoms with Crippen molar-refractivity contribution >= 4 is 0 Å². The van der Waals surface area contributed by atoms with Crippen molar-refractivity contribution in [3.05, 3.63) is 11.7 Å². The van der Waals surface area contributed by atoms with Crippen molar-refractivity contribution in [2.75, 3.05) is 6.54 Å². The lowest BCUT2D eigenvalue weighted by molar-refractivity contribution is 0.292. The summed E-state index contributed by atoms with van der Waals surface area (Å²) in [7, 11) is 0. The van der Waals surface area contributed by atoms with Gasteiger partial charge in [-0.2, -0.15) is 4.98 Å². The van der Waals surface area contributed by atoms with Gasteiger partial charge in [-0.25, -0.2) is 0 Å². The van der Waals surface area contributed by atoms with Crippen molar-refractivity contribution in [3.8, 4) is 0 Å². The van der Waals surface area contributed by atoms with Crippen LogP contribution in [0.25, 0.3) is 0 Å². The van der Waals surface area contributed by atoms with E-state index >= 15 is 0 Å². The molecule has 1 atom stereocenters. The van der Waals surface area contributed by atoms with Gasteiger partial charge < -0.3 is 9.84 Å². The van der Waals surface area contributed by atoms with Crippen molar-refractivity contribution in [2.24, 2.45) is 5.92 Å². The fourth-order valence-electron chi connectivity index (χ4n) is 3.10. The second kappa shape index (κ2) is 7.04. The van der Waals surface area contributed by atoms with E-state index in [-0.39, 0.29) is 6.04 Å². The molecule has 0 aliphatic heterocycles. The van der Waals surface area contributed by atoms with E-state index in [4.69, 9.17) is 4.52 Å². The predicted octanol–water partition coefficient (Wildman–Crippen LogP) is 3.81. The third-order valence-corrected chi connectivity index (χ3v) is 4.25. The zero-order valence-corrected chi connectivity index (χ0v) is 12.5. The molecule has 0 amide bonds. The van der Waals surface area contributed by atoms with Crippen LogP contribution < -0.4 is 5.32 Å². The molecule has 1 fully saturated rings. The molecule has 2 rings (SSSR count). The predicted molar refractivity (Wildman–Crippen MR) is 76.0 cm³/mol. The minimum absolute atomic E-state index is 0.155. The maximum Gasteiger partial charge on any atom is 0.243 e. The lowest BCUT2D eigenvalue weighted by atomic mass is 9.80. The van der Waals surface area contributed by atoms with Gasteiger partial charge in [-0.3, -0.25) is 0 Å². The Balaban J connectivity index is 1.89. The highest BCUT2D eigenvalue weighted by molar-refractivity contribution is 4.99. The number of aromatic nitrogens is 2. The van der Waals surface area contributed by atoms with E-state index in [1.807, 2.05) is 0 Å². The van der Waals surface area contributed by atoms with Gasteiger partial charge in [0.1, 0.15) is 0 Å². The molecule has 0 spiro atoms. The molecule has 4 heteroatoms. The Bertz CT molecular complexity index is 369. The molecule has 1 aliphatic rings. The number of hydrogen-bond acceptors (Lipinski definition) is 4. The molecule has 108 valence electrons. The normalized spacial score (nSPS) is 25.4. The van der Waals surface area contributed by atoms with Crippen LogP contribution in [-0.2, 0) is 0 Å². The average molecular weight is 265 g/mol. The zero-order chi connectivity index (χ0) is 13.7. The van der Waals surface area contributed by atoms with E-state index in [0.29, 0.717) is 5.92 Å². The monoisotopic (exact) mass is 265 g/mol. The molecule has 1 heterocycles. The van der Waals surface area contributed by atoms with Gasteiger partial charge in [0.2, 0.25) is 5.89 Å². The summed E-state index contributed by atoms with van der Waals surface area (Å²) in [5, 5.41) is 7.49. The summed E-state index contributed by atoms with van der Waals surface area (Å²) in [4.78, 5) is 4.58. The van der Waals surface area contributed by atoms with Crippen LogP contribution in [0, 0.1) is 5.92 Å². The maximum absolute atomic E-state index is 5.38. The second-order valence-corrected chi connectivity index (χ2v) is 5.78. The first-order chi connectivity index (χ1) is 9.24. The quantitative estimate of drug-likeness (QED) is 0.849. The molecular formula is C15H27N3O. The highest BCUT2D eigenvalue weighted by atomic mass is 16.5. The first-order valence-electron chi connectivity index (χ1n) is 7.81. The zero-order valence-electron chi connectivity index (χ0n) is 12.5. The molecule has 4 nitrogen and oxygen atoms in total. The van der Waals surface area contributed by atoms with E-state index in [1.165, 1.54) is 38.5 Å². The van der Waals surface area contributed by atoms with Gasteiger partial charge in [-0.1, -0.05) is 31.8 Å². The molecule has 0 bridgehead atoms. The van der Waals surface area contributed by atoms with E-state index < -0.39 is 0 Å². The molecule has 1 N–H and O–H groups in total. The summed E-state index contributed by atoms with van der Waals surface area (Å²) < 4.78 is 5.38. The Labute approximate surface area is 116 Å². The van der Waals surface area contributed by atoms with Gasteiger partial charge in [0.15, 0.2) is 5.82 Å². The Morgan fingerprint density at radius 3 is 2.63 bits per heavy atom. The van der Waals surface area contributed by atoms with Gasteiger partial charge in [-0.05, 0) is 45.1 Å². The standard InChI is InChI=1S/C15H27N3O/c1-4-6-12-7-9-13(10-8-12)14-17-15(19-18-14)11(3)16-5-2/h11-13,16H,4-10H2,1-3H3. The van der Waals surface area contributed by atoms with E-state index in [1.54, 1.807) is 0 Å². The third kappa shape index (κ3) is 3.78. The van der Waals surface area contributed by atoms with Crippen LogP contribution in [0.3, 0.4) is 0 Å². The van der Waals surface area contributed by atoms with Gasteiger partial charge >= 0.3 is 0 Å². The molecule has 1 unspecified atom stereocenters. The third-order valence-electron chi connectivity index (χ3n) is 4.25. The molecule has 1 saturated carbocycles. The Hall–Kier alpha value is -0.900. The summed E-state index contributed by atoms with van der Waals surface area (Å²) in [6, 6.07) is 0.155. The van der Waals surface area contributed by atoms with E-state index in [0.717, 1.165) is 24.2 Å². The number of hydrogen-bond donors (Lipinski definition) is 1. The van der Waals surface area contributed by atoms with Crippen molar-refractivity contribution in [1.82, 2.24) is 15.5 Å². The fourth-order valence-corrected chi connectivity index (χ4v) is 3.10. The first-order valence-corrected chi connectivity index (χ1v) is 7.81. The Morgan fingerprint density at radius 2 is 2.00 bits per heavy atom. The lowest BCUT2D eigenvalue weighted by Gasteiger charge is -2.26. The van der Waals surface area contributed by atoms with Crippen molar-refractivity contribution in [3.63, 3.8) is 0 Å². The van der Waals surface area contributed by atoms with Crippen LogP contribution >= 0.6 is 0 Å². The lowest BCUT2D eigenvalue weighted by Crippen LogP contribution is -2.18. The summed E-state index contributed by atoms with van der Waals surface area (Å²) in [5.41, 5.74) is 0. The molecule has 0 saturated heterocycles. The van der Waals surface area contributed by atoms with Crippen LogP contribution in [0.15, 0.2) is 4.52 Å². The summed E-state index contributed by atoms with van der Waals surface area (Å²) in [5.74, 6) is 3.09. The van der Waals surface area contributed by atoms with Crippen LogP contribution in [0.1, 0.15) is 83.0 Å². The molecule has 1 aromatic heterocycles. The van der Waals surface area contributed by atoms with Crippen LogP contribution in [0.2, 0.25) is 0 Å². The molecule has 0 aromatic carbocycles. The molecule has 1 aromatic rings. The molecule has 0 radical (unpaired) electrons. The summed E-state index contributed by atoms with van der Waals surface area (Å²) in [6.45, 7) is 7.35. The van der Waals surface area contributed by atoms with E-state index in [9.17, 15) is 0 Å². The number of nitrogens with zero attached hydrogens (tertiary/aromatic N) is 2. The number of rotatable bonds is 6. The molecular weight excluding hydrogens is 238 g/mol. The number of nitrogens with one attached hydrogen (secondary N) is 1. The minimum atomic E-state index is 0.155. The van der Waals surface area contributed by atoms with Gasteiger partial charge in [0.25, 0.3) is 0 Å². The first kappa shape index (κ1) is 14.5. The van der Waals surface area contributed by atoms with Crippen LogP contribution in [0.4, 0.5) is 0 Å². The van der Waals surface area contributed by atoms with Gasteiger partial charge in [0, 0.05) is 5.92 Å². The van der Waals surface area contributed by atoms with Crippen LogP contribution in [-0.4, -0.2) is 16.7 Å². The van der Waals surface area contributed by atoms with Gasteiger partial charge in [-0.15, -0.1) is 0 Å². The maximum atomic E-state index is 5.38. The molecule has 19 heavy (non-hydrogen) atoms. The van der Waals surface area contributed by atoms with Crippen molar-refractivity contribution in [2.45, 2.75) is 71.3 Å². The van der Waals surface area contributed by atoms with Crippen molar-refractivity contribution in [1.29, 1.82) is 0 Å². The fraction of sp³-hybridized carbons (Fsp3) is 0.867. The van der Waals surface area contributed by atoms with Crippen molar-refractivity contribution < 1.29 is 4.52 Å². The highest BCUT2D eigenvalue weighted by Crippen LogP contribution is 2.36. The molecule has 1 aliphatic carbocycles. The summed E-state index contributed by atoms with van der Waals surface area (Å²) in [6.07, 6.45) is 7.78. The Morgan fingerprint density at radius 1 is 1.26 bits per heavy atom. The highest BCUT2D eigenvalue weighted by Gasteiger charge is 2.26. The summed E-state index contributed by atoms with van der Waals surface area (Å²) >= 11 is 0. The van der Waals surface area contributed by atoms with Crippen LogP contribution in [0.5, 0.6) is 0 Å². The Kier molecular flexibility index (Phi) is 5.37. The topological polar surface area (TPSA) is 51.0 Å². The second-order valence-electron chi connectivity index (χ2n) is 5.78. The average Bonchev–Trinajstić information content (AvgIpc) is 2.90. The van der Waals surface area contributed by atoms with Gasteiger partial charge in [0.05, 0.1) is 6.04 Å². The van der Waals surface area contributed by atoms with E-state index in [2.05, 4.69) is 36.2 Å².